The number of para-hydroxylation sites is 1. The highest BCUT2D eigenvalue weighted by Gasteiger charge is 2.35. The number of hydrogen-bond donors (Lipinski definition) is 0. The lowest BCUT2D eigenvalue weighted by Crippen LogP contribution is -2.40. The molecule has 0 fully saturated rings. The molecule has 170 valence electrons. The topological polar surface area (TPSA) is 82.8 Å². The third-order valence-corrected chi connectivity index (χ3v) is 6.04. The van der Waals surface area contributed by atoms with Crippen LogP contribution in [0.25, 0.3) is 6.08 Å². The molecule has 0 aliphatic carbocycles. The lowest BCUT2D eigenvalue weighted by Gasteiger charge is -2.26. The summed E-state index contributed by atoms with van der Waals surface area (Å²) in [4.78, 5) is 36.0. The van der Waals surface area contributed by atoms with Crippen LogP contribution in [0.3, 0.4) is 0 Å². The Balaban J connectivity index is 1.99. The number of ether oxygens (including phenoxy) is 2. The molecule has 1 aliphatic heterocycles. The fraction of sp³-hybridized carbons (Fsp3) is 0.280. The second-order valence-electron chi connectivity index (χ2n) is 7.76. The quantitative estimate of drug-likeness (QED) is 0.525. The number of rotatable bonds is 6. The number of carbonyl (C=O) groups excluding carboxylic acids is 1. The first-order valence-electron chi connectivity index (χ1n) is 10.8. The standard InChI is InChI=1S/C25H25N3O4S/c1-5-31-24(30)21-16(4)27-25-28(22(21)18-11-6-7-12-19(18)32-15(2)3)23(29)20(33-25)14-17-10-8-9-13-26-17/h6-15,22H,5H2,1-4H3/b20-14-/t22-/m0/s1. The van der Waals surface area contributed by atoms with Gasteiger partial charge in [0, 0.05) is 11.8 Å². The van der Waals surface area contributed by atoms with E-state index in [2.05, 4.69) is 9.98 Å². The molecular formula is C25H25N3O4S. The molecule has 33 heavy (non-hydrogen) atoms. The van der Waals surface area contributed by atoms with Crippen LogP contribution in [0.1, 0.15) is 45.0 Å². The maximum Gasteiger partial charge on any atom is 0.338 e. The Morgan fingerprint density at radius 2 is 1.97 bits per heavy atom. The third-order valence-electron chi connectivity index (χ3n) is 5.06. The van der Waals surface area contributed by atoms with Crippen LogP contribution < -0.4 is 19.6 Å². The predicted molar refractivity (Wildman–Crippen MR) is 127 cm³/mol. The van der Waals surface area contributed by atoms with Crippen LogP contribution in [-0.2, 0) is 9.53 Å². The zero-order valence-electron chi connectivity index (χ0n) is 18.9. The molecule has 0 amide bonds. The first kappa shape index (κ1) is 22.7. The first-order valence-corrected chi connectivity index (χ1v) is 11.6. The van der Waals surface area contributed by atoms with E-state index in [0.717, 1.165) is 0 Å². The summed E-state index contributed by atoms with van der Waals surface area (Å²) in [7, 11) is 0. The molecule has 3 aromatic rings. The van der Waals surface area contributed by atoms with Crippen molar-refractivity contribution < 1.29 is 14.3 Å². The molecule has 0 saturated heterocycles. The van der Waals surface area contributed by atoms with Gasteiger partial charge < -0.3 is 9.47 Å². The van der Waals surface area contributed by atoms with E-state index < -0.39 is 12.0 Å². The summed E-state index contributed by atoms with van der Waals surface area (Å²) in [5.41, 5.74) is 1.97. The lowest BCUT2D eigenvalue weighted by atomic mass is 9.95. The normalized spacial score (nSPS) is 15.9. The maximum atomic E-state index is 13.6. The zero-order valence-corrected chi connectivity index (χ0v) is 19.8. The van der Waals surface area contributed by atoms with Gasteiger partial charge in [-0.2, -0.15) is 0 Å². The van der Waals surface area contributed by atoms with E-state index in [1.807, 2.05) is 56.3 Å². The minimum atomic E-state index is -0.721. The van der Waals surface area contributed by atoms with Crippen molar-refractivity contribution in [2.75, 3.05) is 6.61 Å². The summed E-state index contributed by atoms with van der Waals surface area (Å²) >= 11 is 1.27. The van der Waals surface area contributed by atoms with Crippen molar-refractivity contribution in [3.63, 3.8) is 0 Å². The van der Waals surface area contributed by atoms with Gasteiger partial charge in [0.25, 0.3) is 5.56 Å². The Hall–Kier alpha value is -3.52. The SMILES string of the molecule is CCOC(=O)C1=C(C)N=c2s/c(=C\c3ccccn3)c(=O)n2[C@H]1c1ccccc1OC(C)C. The van der Waals surface area contributed by atoms with Gasteiger partial charge in [-0.3, -0.25) is 14.3 Å². The van der Waals surface area contributed by atoms with Crippen LogP contribution in [0.2, 0.25) is 0 Å². The highest BCUT2D eigenvalue weighted by Crippen LogP contribution is 2.36. The Kier molecular flexibility index (Phi) is 6.55. The van der Waals surface area contributed by atoms with Gasteiger partial charge in [0.2, 0.25) is 0 Å². The number of nitrogens with zero attached hydrogens (tertiary/aromatic N) is 3. The number of fused-ring (bicyclic) bond motifs is 1. The summed E-state index contributed by atoms with van der Waals surface area (Å²) < 4.78 is 13.4. The van der Waals surface area contributed by atoms with Crippen LogP contribution in [0.15, 0.2) is 69.7 Å². The van der Waals surface area contributed by atoms with E-state index in [-0.39, 0.29) is 18.3 Å². The highest BCUT2D eigenvalue weighted by atomic mass is 32.1. The minimum Gasteiger partial charge on any atom is -0.491 e. The first-order chi connectivity index (χ1) is 15.9. The number of carbonyl (C=O) groups is 1. The summed E-state index contributed by atoms with van der Waals surface area (Å²) in [5, 5.41) is 0. The van der Waals surface area contributed by atoms with E-state index in [1.54, 1.807) is 30.7 Å². The number of hydrogen-bond acceptors (Lipinski definition) is 7. The van der Waals surface area contributed by atoms with Crippen LogP contribution >= 0.6 is 11.3 Å². The molecule has 0 radical (unpaired) electrons. The average molecular weight is 464 g/mol. The Morgan fingerprint density at radius 1 is 1.21 bits per heavy atom. The summed E-state index contributed by atoms with van der Waals surface area (Å²) in [6.45, 7) is 7.60. The Bertz CT molecular complexity index is 1390. The van der Waals surface area contributed by atoms with Gasteiger partial charge in [-0.15, -0.1) is 0 Å². The van der Waals surface area contributed by atoms with Crippen molar-refractivity contribution in [3.8, 4) is 5.75 Å². The van der Waals surface area contributed by atoms with E-state index in [1.165, 1.54) is 11.3 Å². The Morgan fingerprint density at radius 3 is 2.67 bits per heavy atom. The van der Waals surface area contributed by atoms with Crippen molar-refractivity contribution >= 4 is 23.4 Å². The van der Waals surface area contributed by atoms with Gasteiger partial charge in [-0.05, 0) is 52.0 Å². The van der Waals surface area contributed by atoms with Crippen LogP contribution in [0.5, 0.6) is 5.75 Å². The summed E-state index contributed by atoms with van der Waals surface area (Å²) in [6.07, 6.45) is 3.33. The van der Waals surface area contributed by atoms with Crippen LogP contribution in [0.4, 0.5) is 0 Å². The number of aromatic nitrogens is 2. The van der Waals surface area contributed by atoms with Crippen LogP contribution in [-0.4, -0.2) is 28.2 Å². The van der Waals surface area contributed by atoms with Crippen molar-refractivity contribution in [1.82, 2.24) is 9.55 Å². The fourth-order valence-electron chi connectivity index (χ4n) is 3.75. The van der Waals surface area contributed by atoms with E-state index in [0.29, 0.717) is 37.6 Å². The highest BCUT2D eigenvalue weighted by molar-refractivity contribution is 7.07. The predicted octanol–water partition coefficient (Wildman–Crippen LogP) is 2.98. The molecule has 4 rings (SSSR count). The summed E-state index contributed by atoms with van der Waals surface area (Å²) in [5.74, 6) is 0.107. The van der Waals surface area contributed by atoms with Gasteiger partial charge in [-0.1, -0.05) is 35.6 Å². The van der Waals surface area contributed by atoms with Gasteiger partial charge in [-0.25, -0.2) is 9.79 Å². The smallest absolute Gasteiger partial charge is 0.338 e. The van der Waals surface area contributed by atoms with Crippen molar-refractivity contribution in [1.29, 1.82) is 0 Å². The molecule has 0 bridgehead atoms. The number of pyridine rings is 1. The summed E-state index contributed by atoms with van der Waals surface area (Å²) in [6, 6.07) is 12.2. The molecule has 8 heteroatoms. The van der Waals surface area contributed by atoms with E-state index in [4.69, 9.17) is 9.47 Å². The monoisotopic (exact) mass is 463 g/mol. The number of thiazole rings is 1. The van der Waals surface area contributed by atoms with Crippen molar-refractivity contribution in [3.05, 3.63) is 90.9 Å². The zero-order chi connectivity index (χ0) is 23.5. The largest absolute Gasteiger partial charge is 0.491 e. The molecule has 1 atom stereocenters. The maximum absolute atomic E-state index is 13.6. The lowest BCUT2D eigenvalue weighted by molar-refractivity contribution is -0.139. The molecule has 1 aromatic carbocycles. The number of benzene rings is 1. The van der Waals surface area contributed by atoms with Crippen molar-refractivity contribution in [2.24, 2.45) is 4.99 Å². The van der Waals surface area contributed by atoms with E-state index >= 15 is 0 Å². The molecule has 2 aromatic heterocycles. The number of esters is 1. The van der Waals surface area contributed by atoms with E-state index in [9.17, 15) is 9.59 Å². The second kappa shape index (κ2) is 9.54. The van der Waals surface area contributed by atoms with Gasteiger partial charge in [0.05, 0.1) is 34.2 Å². The minimum absolute atomic E-state index is 0.0812. The molecule has 0 unspecified atom stereocenters. The van der Waals surface area contributed by atoms with Gasteiger partial charge in [0.15, 0.2) is 4.80 Å². The fourth-order valence-corrected chi connectivity index (χ4v) is 4.78. The molecule has 0 N–H and O–H groups in total. The third kappa shape index (κ3) is 4.52. The molecule has 7 nitrogen and oxygen atoms in total. The van der Waals surface area contributed by atoms with Gasteiger partial charge in [0.1, 0.15) is 11.8 Å². The number of allylic oxidation sites excluding steroid dienone is 1. The Labute approximate surface area is 195 Å². The van der Waals surface area contributed by atoms with Crippen LogP contribution in [0, 0.1) is 0 Å². The molecule has 0 saturated carbocycles. The molecular weight excluding hydrogens is 438 g/mol. The molecule has 3 heterocycles. The van der Waals surface area contributed by atoms with Gasteiger partial charge >= 0.3 is 5.97 Å². The van der Waals surface area contributed by atoms with Crippen molar-refractivity contribution in [2.45, 2.75) is 39.8 Å². The molecule has 0 spiro atoms. The molecule has 1 aliphatic rings. The average Bonchev–Trinajstić information content (AvgIpc) is 3.08. The second-order valence-corrected chi connectivity index (χ2v) is 8.77.